The molecule has 0 aliphatic carbocycles. The molecule has 0 saturated carbocycles. The van der Waals surface area contributed by atoms with Gasteiger partial charge in [0.2, 0.25) is 5.91 Å². The first-order chi connectivity index (χ1) is 12.7. The van der Waals surface area contributed by atoms with E-state index in [0.29, 0.717) is 5.56 Å². The summed E-state index contributed by atoms with van der Waals surface area (Å²) in [7, 11) is -3.37. The van der Waals surface area contributed by atoms with E-state index in [1.807, 2.05) is 18.2 Å². The lowest BCUT2D eigenvalue weighted by molar-refractivity contribution is -0.141. The first-order valence-electron chi connectivity index (χ1n) is 8.59. The van der Waals surface area contributed by atoms with E-state index >= 15 is 0 Å². The standard InChI is InChI=1S/C20H23NO5S/c1-14(2)27(25,26)17-10-8-16(9-11-17)13-19(22)21-18(20(23)24)12-15-6-4-3-5-7-15/h3-11,14,18H,12-13H2,1-2H3,(H,21,22)(H,23,24)/t18-/m0/s1. The van der Waals surface area contributed by atoms with E-state index in [4.69, 9.17) is 0 Å². The van der Waals surface area contributed by atoms with Crippen molar-refractivity contribution in [2.45, 2.75) is 42.9 Å². The Kier molecular flexibility index (Phi) is 6.74. The van der Waals surface area contributed by atoms with Crippen molar-refractivity contribution in [1.82, 2.24) is 5.32 Å². The van der Waals surface area contributed by atoms with Gasteiger partial charge < -0.3 is 10.4 Å². The molecule has 1 amide bonds. The number of benzene rings is 2. The van der Waals surface area contributed by atoms with Crippen LogP contribution in [0.5, 0.6) is 0 Å². The number of aliphatic carboxylic acids is 1. The third kappa shape index (κ3) is 5.65. The third-order valence-electron chi connectivity index (χ3n) is 4.15. The Labute approximate surface area is 159 Å². The molecule has 6 nitrogen and oxygen atoms in total. The number of nitrogens with one attached hydrogen (secondary N) is 1. The Hall–Kier alpha value is -2.67. The summed E-state index contributed by atoms with van der Waals surface area (Å²) in [6.45, 7) is 3.21. The first-order valence-corrected chi connectivity index (χ1v) is 10.1. The minimum atomic E-state index is -3.37. The number of rotatable bonds is 8. The second-order valence-electron chi connectivity index (χ2n) is 6.56. The van der Waals surface area contributed by atoms with E-state index in [2.05, 4.69) is 5.32 Å². The quantitative estimate of drug-likeness (QED) is 0.721. The van der Waals surface area contributed by atoms with Crippen molar-refractivity contribution in [3.05, 3.63) is 65.7 Å². The Balaban J connectivity index is 2.02. The molecular formula is C20H23NO5S. The molecule has 1 atom stereocenters. The summed E-state index contributed by atoms with van der Waals surface area (Å²) in [5.41, 5.74) is 1.42. The Morgan fingerprint density at radius 3 is 2.07 bits per heavy atom. The normalized spacial score (nSPS) is 12.6. The second kappa shape index (κ2) is 8.81. The molecule has 0 unspecified atom stereocenters. The molecule has 0 saturated heterocycles. The SMILES string of the molecule is CC(C)S(=O)(=O)c1ccc(CC(=O)N[C@@H](Cc2ccccc2)C(=O)O)cc1. The van der Waals surface area contributed by atoms with Gasteiger partial charge in [0, 0.05) is 6.42 Å². The maximum Gasteiger partial charge on any atom is 0.326 e. The van der Waals surface area contributed by atoms with Gasteiger partial charge in [0.05, 0.1) is 16.6 Å². The summed E-state index contributed by atoms with van der Waals surface area (Å²) in [5.74, 6) is -1.54. The van der Waals surface area contributed by atoms with E-state index in [9.17, 15) is 23.1 Å². The summed E-state index contributed by atoms with van der Waals surface area (Å²) in [6, 6.07) is 14.1. The number of hydrogen-bond acceptors (Lipinski definition) is 4. The zero-order valence-corrected chi connectivity index (χ0v) is 16.1. The number of hydrogen-bond donors (Lipinski definition) is 2. The van der Waals surface area contributed by atoms with Crippen LogP contribution in [0.3, 0.4) is 0 Å². The molecule has 144 valence electrons. The van der Waals surface area contributed by atoms with Crippen LogP contribution in [0, 0.1) is 0 Å². The molecule has 0 heterocycles. The maximum atomic E-state index is 12.2. The van der Waals surface area contributed by atoms with Gasteiger partial charge in [-0.1, -0.05) is 42.5 Å². The van der Waals surface area contributed by atoms with Gasteiger partial charge in [0.25, 0.3) is 0 Å². The van der Waals surface area contributed by atoms with Crippen LogP contribution in [-0.2, 0) is 32.3 Å². The number of carbonyl (C=O) groups is 2. The van der Waals surface area contributed by atoms with Crippen molar-refractivity contribution in [2.24, 2.45) is 0 Å². The lowest BCUT2D eigenvalue weighted by Crippen LogP contribution is -2.43. The van der Waals surface area contributed by atoms with Crippen LogP contribution in [0.1, 0.15) is 25.0 Å². The average Bonchev–Trinajstić information content (AvgIpc) is 2.62. The Morgan fingerprint density at radius 2 is 1.56 bits per heavy atom. The fourth-order valence-electron chi connectivity index (χ4n) is 2.55. The summed E-state index contributed by atoms with van der Waals surface area (Å²) >= 11 is 0. The number of sulfone groups is 1. The van der Waals surface area contributed by atoms with Gasteiger partial charge in [-0.25, -0.2) is 13.2 Å². The van der Waals surface area contributed by atoms with Gasteiger partial charge in [-0.15, -0.1) is 0 Å². The molecule has 2 aromatic rings. The third-order valence-corrected chi connectivity index (χ3v) is 6.32. The smallest absolute Gasteiger partial charge is 0.326 e. The van der Waals surface area contributed by atoms with Gasteiger partial charge in [0.15, 0.2) is 9.84 Å². The molecule has 2 N–H and O–H groups in total. The van der Waals surface area contributed by atoms with E-state index in [1.165, 1.54) is 12.1 Å². The Morgan fingerprint density at radius 1 is 0.963 bits per heavy atom. The van der Waals surface area contributed by atoms with E-state index in [1.54, 1.807) is 38.1 Å². The van der Waals surface area contributed by atoms with Crippen LogP contribution >= 0.6 is 0 Å². The molecule has 0 aliphatic heterocycles. The Bertz CT molecular complexity index is 890. The largest absolute Gasteiger partial charge is 0.480 e. The summed E-state index contributed by atoms with van der Waals surface area (Å²) in [4.78, 5) is 23.8. The molecular weight excluding hydrogens is 366 g/mol. The van der Waals surface area contributed by atoms with Gasteiger partial charge in [-0.05, 0) is 37.1 Å². The van der Waals surface area contributed by atoms with E-state index in [-0.39, 0.29) is 17.7 Å². The van der Waals surface area contributed by atoms with Crippen molar-refractivity contribution in [3.8, 4) is 0 Å². The molecule has 0 bridgehead atoms. The van der Waals surface area contributed by atoms with E-state index < -0.39 is 33.0 Å². The lowest BCUT2D eigenvalue weighted by atomic mass is 10.1. The lowest BCUT2D eigenvalue weighted by Gasteiger charge is -2.15. The topological polar surface area (TPSA) is 101 Å². The molecule has 2 aromatic carbocycles. The highest BCUT2D eigenvalue weighted by Crippen LogP contribution is 2.16. The van der Waals surface area contributed by atoms with Gasteiger partial charge >= 0.3 is 5.97 Å². The molecule has 0 radical (unpaired) electrons. The molecule has 0 aromatic heterocycles. The second-order valence-corrected chi connectivity index (χ2v) is 9.07. The average molecular weight is 389 g/mol. The molecule has 27 heavy (non-hydrogen) atoms. The minimum Gasteiger partial charge on any atom is -0.480 e. The molecule has 0 aliphatic rings. The zero-order chi connectivity index (χ0) is 20.0. The van der Waals surface area contributed by atoms with Crippen LogP contribution in [-0.4, -0.2) is 36.7 Å². The fraction of sp³-hybridized carbons (Fsp3) is 0.300. The number of carbonyl (C=O) groups excluding carboxylic acids is 1. The van der Waals surface area contributed by atoms with Crippen LogP contribution < -0.4 is 5.32 Å². The fourth-order valence-corrected chi connectivity index (χ4v) is 3.61. The molecule has 0 fully saturated rings. The minimum absolute atomic E-state index is 0.0272. The summed E-state index contributed by atoms with van der Waals surface area (Å²) < 4.78 is 24.2. The van der Waals surface area contributed by atoms with E-state index in [0.717, 1.165) is 5.56 Å². The first kappa shape index (κ1) is 20.6. The molecule has 2 rings (SSSR count). The highest BCUT2D eigenvalue weighted by molar-refractivity contribution is 7.92. The monoisotopic (exact) mass is 389 g/mol. The number of amides is 1. The van der Waals surface area contributed by atoms with Crippen molar-refractivity contribution < 1.29 is 23.1 Å². The van der Waals surface area contributed by atoms with Gasteiger partial charge in [-0.3, -0.25) is 4.79 Å². The van der Waals surface area contributed by atoms with Crippen LogP contribution in [0.25, 0.3) is 0 Å². The van der Waals surface area contributed by atoms with Crippen LogP contribution in [0.4, 0.5) is 0 Å². The van der Waals surface area contributed by atoms with Crippen molar-refractivity contribution >= 4 is 21.7 Å². The number of carboxylic acids is 1. The summed E-state index contributed by atoms with van der Waals surface area (Å²) in [6.07, 6.45) is 0.161. The van der Waals surface area contributed by atoms with Crippen molar-refractivity contribution in [2.75, 3.05) is 0 Å². The predicted octanol–water partition coefficient (Wildman–Crippen LogP) is 2.22. The highest BCUT2D eigenvalue weighted by Gasteiger charge is 2.21. The van der Waals surface area contributed by atoms with Crippen molar-refractivity contribution in [1.29, 1.82) is 0 Å². The van der Waals surface area contributed by atoms with Crippen LogP contribution in [0.2, 0.25) is 0 Å². The predicted molar refractivity (Wildman–Crippen MR) is 102 cm³/mol. The summed E-state index contributed by atoms with van der Waals surface area (Å²) in [5, 5.41) is 11.3. The molecule has 0 spiro atoms. The molecule has 7 heteroatoms. The maximum absolute atomic E-state index is 12.2. The zero-order valence-electron chi connectivity index (χ0n) is 15.3. The van der Waals surface area contributed by atoms with Crippen LogP contribution in [0.15, 0.2) is 59.5 Å². The van der Waals surface area contributed by atoms with Gasteiger partial charge in [-0.2, -0.15) is 0 Å². The number of carboxylic acid groups (broad SMARTS) is 1. The highest BCUT2D eigenvalue weighted by atomic mass is 32.2. The van der Waals surface area contributed by atoms with Crippen molar-refractivity contribution in [3.63, 3.8) is 0 Å². The van der Waals surface area contributed by atoms with Gasteiger partial charge in [0.1, 0.15) is 6.04 Å².